The van der Waals surface area contributed by atoms with Gasteiger partial charge in [0.15, 0.2) is 5.16 Å². The molecular weight excluding hydrogens is 286 g/mol. The molecule has 0 aliphatic carbocycles. The first-order chi connectivity index (χ1) is 9.58. The molecule has 0 fully saturated rings. The van der Waals surface area contributed by atoms with Gasteiger partial charge in [0.1, 0.15) is 0 Å². The van der Waals surface area contributed by atoms with Gasteiger partial charge in [0, 0.05) is 34.6 Å². The molecule has 0 amide bonds. The number of aryl methyl sites for hydroxylation is 2. The summed E-state index contributed by atoms with van der Waals surface area (Å²) in [4.78, 5) is 10.4. The molecule has 0 aromatic carbocycles. The molecule has 5 heteroatoms. The van der Waals surface area contributed by atoms with Gasteiger partial charge in [-0.3, -0.25) is 0 Å². The van der Waals surface area contributed by atoms with E-state index in [-0.39, 0.29) is 0 Å². The van der Waals surface area contributed by atoms with Gasteiger partial charge in [0.2, 0.25) is 0 Å². The Labute approximate surface area is 129 Å². The topological polar surface area (TPSA) is 37.8 Å². The van der Waals surface area contributed by atoms with Gasteiger partial charge < -0.3 is 5.32 Å². The minimum Gasteiger partial charge on any atom is -0.309 e. The number of nitrogens with one attached hydrogen (secondary N) is 1. The molecule has 0 aliphatic heterocycles. The smallest absolute Gasteiger partial charge is 0.188 e. The summed E-state index contributed by atoms with van der Waals surface area (Å²) in [5, 5.41) is 6.53. The van der Waals surface area contributed by atoms with Crippen molar-refractivity contribution >= 4 is 23.1 Å². The molecule has 1 atom stereocenters. The van der Waals surface area contributed by atoms with Crippen molar-refractivity contribution in [2.24, 2.45) is 0 Å². The number of hydrogen-bond acceptors (Lipinski definition) is 5. The Morgan fingerprint density at radius 1 is 1.25 bits per heavy atom. The van der Waals surface area contributed by atoms with Gasteiger partial charge >= 0.3 is 0 Å². The lowest BCUT2D eigenvalue weighted by molar-refractivity contribution is 0.610. The van der Waals surface area contributed by atoms with Crippen molar-refractivity contribution in [3.63, 3.8) is 0 Å². The van der Waals surface area contributed by atoms with Gasteiger partial charge in [-0.25, -0.2) is 9.97 Å². The van der Waals surface area contributed by atoms with E-state index in [2.05, 4.69) is 46.6 Å². The zero-order chi connectivity index (χ0) is 14.5. The highest BCUT2D eigenvalue weighted by molar-refractivity contribution is 7.99. The monoisotopic (exact) mass is 307 g/mol. The predicted molar refractivity (Wildman–Crippen MR) is 87.7 cm³/mol. The first-order valence-corrected chi connectivity index (χ1v) is 8.66. The van der Waals surface area contributed by atoms with Gasteiger partial charge in [0.05, 0.1) is 0 Å². The lowest BCUT2D eigenvalue weighted by Crippen LogP contribution is -2.20. The second-order valence-corrected chi connectivity index (χ2v) is 6.88. The van der Waals surface area contributed by atoms with Crippen molar-refractivity contribution in [2.45, 2.75) is 38.9 Å². The summed E-state index contributed by atoms with van der Waals surface area (Å²) < 4.78 is 0. The van der Waals surface area contributed by atoms with Crippen LogP contribution in [0.2, 0.25) is 0 Å². The summed E-state index contributed by atoms with van der Waals surface area (Å²) >= 11 is 3.51. The molecule has 0 spiro atoms. The van der Waals surface area contributed by atoms with Crippen LogP contribution in [0.3, 0.4) is 0 Å². The minimum absolute atomic E-state index is 0.415. The Hall–Kier alpha value is -0.910. The zero-order valence-corrected chi connectivity index (χ0v) is 14.1. The molecule has 2 heterocycles. The Bertz CT molecular complexity index is 529. The van der Waals surface area contributed by atoms with Gasteiger partial charge in [-0.1, -0.05) is 17.8 Å². The summed E-state index contributed by atoms with van der Waals surface area (Å²) in [6, 6.07) is 4.68. The third-order valence-corrected chi connectivity index (χ3v) is 5.27. The zero-order valence-electron chi connectivity index (χ0n) is 12.4. The molecule has 0 saturated carbocycles. The molecule has 108 valence electrons. The molecule has 2 aromatic rings. The van der Waals surface area contributed by atoms with E-state index in [9.17, 15) is 0 Å². The molecule has 0 aliphatic rings. The average molecular weight is 307 g/mol. The molecule has 1 unspecified atom stereocenters. The molecule has 0 radical (unpaired) electrons. The summed E-state index contributed by atoms with van der Waals surface area (Å²) in [6.07, 6.45) is 0. The van der Waals surface area contributed by atoms with Crippen molar-refractivity contribution < 1.29 is 0 Å². The quantitative estimate of drug-likeness (QED) is 0.499. The number of thioether (sulfide) groups is 1. The van der Waals surface area contributed by atoms with Crippen LogP contribution >= 0.6 is 23.1 Å². The average Bonchev–Trinajstić information content (AvgIpc) is 2.94. The molecule has 1 N–H and O–H groups in total. The van der Waals surface area contributed by atoms with E-state index in [1.54, 1.807) is 23.1 Å². The second kappa shape index (κ2) is 7.20. The van der Waals surface area contributed by atoms with E-state index in [0.717, 1.165) is 28.8 Å². The van der Waals surface area contributed by atoms with Crippen molar-refractivity contribution in [1.29, 1.82) is 0 Å². The Morgan fingerprint density at radius 3 is 2.55 bits per heavy atom. The first-order valence-electron chi connectivity index (χ1n) is 6.79. The molecule has 20 heavy (non-hydrogen) atoms. The number of nitrogens with zero attached hydrogens (tertiary/aromatic N) is 2. The fourth-order valence-corrected chi connectivity index (χ4v) is 3.43. The molecule has 3 nitrogen and oxygen atoms in total. The van der Waals surface area contributed by atoms with E-state index < -0.39 is 0 Å². The van der Waals surface area contributed by atoms with E-state index in [1.807, 2.05) is 13.8 Å². The second-order valence-electron chi connectivity index (χ2n) is 4.84. The Balaban J connectivity index is 1.79. The fourth-order valence-electron chi connectivity index (χ4n) is 1.86. The van der Waals surface area contributed by atoms with Crippen LogP contribution in [-0.2, 0) is 0 Å². The van der Waals surface area contributed by atoms with Gasteiger partial charge in [0.25, 0.3) is 0 Å². The fraction of sp³-hybridized carbons (Fsp3) is 0.467. The molecule has 0 bridgehead atoms. The number of thiophene rings is 1. The standard InChI is InChI=1S/C15H21N3S2/c1-10-11(2)17-15(18-12(10)3)20-9-7-16-13(4)14-6-5-8-19-14/h5-6,8,13,16H,7,9H2,1-4H3. The number of hydrogen-bond donors (Lipinski definition) is 1. The maximum Gasteiger partial charge on any atom is 0.188 e. The Morgan fingerprint density at radius 2 is 1.95 bits per heavy atom. The van der Waals surface area contributed by atoms with Crippen LogP contribution < -0.4 is 5.32 Å². The van der Waals surface area contributed by atoms with Gasteiger partial charge in [-0.05, 0) is 44.7 Å². The summed E-state index contributed by atoms with van der Waals surface area (Å²) in [6.45, 7) is 9.33. The third-order valence-electron chi connectivity index (χ3n) is 3.37. The van der Waals surface area contributed by atoms with Crippen LogP contribution in [0.5, 0.6) is 0 Å². The van der Waals surface area contributed by atoms with E-state index in [4.69, 9.17) is 0 Å². The van der Waals surface area contributed by atoms with E-state index in [0.29, 0.717) is 6.04 Å². The van der Waals surface area contributed by atoms with Crippen molar-refractivity contribution in [3.8, 4) is 0 Å². The third kappa shape index (κ3) is 4.04. The van der Waals surface area contributed by atoms with Gasteiger partial charge in [-0.2, -0.15) is 0 Å². The van der Waals surface area contributed by atoms with Crippen molar-refractivity contribution in [1.82, 2.24) is 15.3 Å². The van der Waals surface area contributed by atoms with E-state index in [1.165, 1.54) is 10.4 Å². The molecule has 0 saturated heterocycles. The summed E-state index contributed by atoms with van der Waals surface area (Å²) in [5.41, 5.74) is 3.36. The van der Waals surface area contributed by atoms with Crippen LogP contribution in [0.1, 0.15) is 34.8 Å². The van der Waals surface area contributed by atoms with Gasteiger partial charge in [-0.15, -0.1) is 11.3 Å². The molecular formula is C15H21N3S2. The summed E-state index contributed by atoms with van der Waals surface area (Å²) in [7, 11) is 0. The van der Waals surface area contributed by atoms with Crippen LogP contribution in [0.25, 0.3) is 0 Å². The number of aromatic nitrogens is 2. The maximum atomic E-state index is 4.53. The molecule has 2 aromatic heterocycles. The van der Waals surface area contributed by atoms with Crippen LogP contribution in [0.4, 0.5) is 0 Å². The highest BCUT2D eigenvalue weighted by Gasteiger charge is 2.07. The van der Waals surface area contributed by atoms with Crippen molar-refractivity contribution in [3.05, 3.63) is 39.3 Å². The predicted octanol–water partition coefficient (Wildman–Crippen LogP) is 3.91. The lowest BCUT2D eigenvalue weighted by atomic mass is 10.2. The van der Waals surface area contributed by atoms with Crippen LogP contribution in [0.15, 0.2) is 22.7 Å². The highest BCUT2D eigenvalue weighted by Crippen LogP contribution is 2.19. The minimum atomic E-state index is 0.415. The summed E-state index contributed by atoms with van der Waals surface area (Å²) in [5.74, 6) is 0.984. The maximum absolute atomic E-state index is 4.53. The van der Waals surface area contributed by atoms with Crippen LogP contribution in [0, 0.1) is 20.8 Å². The normalized spacial score (nSPS) is 12.6. The van der Waals surface area contributed by atoms with Crippen LogP contribution in [-0.4, -0.2) is 22.3 Å². The van der Waals surface area contributed by atoms with E-state index >= 15 is 0 Å². The largest absolute Gasteiger partial charge is 0.309 e. The number of rotatable bonds is 6. The lowest BCUT2D eigenvalue weighted by Gasteiger charge is -2.11. The highest BCUT2D eigenvalue weighted by atomic mass is 32.2. The molecule has 2 rings (SSSR count). The Kier molecular flexibility index (Phi) is 5.57. The SMILES string of the molecule is Cc1nc(SCCNC(C)c2cccs2)nc(C)c1C. The van der Waals surface area contributed by atoms with Crippen molar-refractivity contribution in [2.75, 3.05) is 12.3 Å². The first kappa shape index (κ1) is 15.5.